The fourth-order valence-electron chi connectivity index (χ4n) is 1.13. The van der Waals surface area contributed by atoms with Gasteiger partial charge in [-0.1, -0.05) is 0 Å². The van der Waals surface area contributed by atoms with Crippen LogP contribution in [-0.2, 0) is 0 Å². The van der Waals surface area contributed by atoms with E-state index in [2.05, 4.69) is 10.3 Å². The molecule has 0 radical (unpaired) electrons. The molecular weight excluding hydrogens is 196 g/mol. The highest BCUT2D eigenvalue weighted by molar-refractivity contribution is 5.93. The van der Waals surface area contributed by atoms with Crippen molar-refractivity contribution in [2.45, 2.75) is 12.8 Å². The summed E-state index contributed by atoms with van der Waals surface area (Å²) in [6, 6.07) is 2.80. The molecule has 0 aromatic carbocycles. The van der Waals surface area contributed by atoms with Crippen molar-refractivity contribution in [3.63, 3.8) is 0 Å². The summed E-state index contributed by atoms with van der Waals surface area (Å²) in [6.45, 7) is 0.632. The van der Waals surface area contributed by atoms with Gasteiger partial charge in [0.25, 0.3) is 5.91 Å². The first kappa shape index (κ1) is 11.5. The minimum Gasteiger partial charge on any atom is -0.396 e. The Morgan fingerprint density at radius 2 is 2.27 bits per heavy atom. The van der Waals surface area contributed by atoms with Crippen LogP contribution in [0.2, 0.25) is 0 Å². The highest BCUT2D eigenvalue weighted by Gasteiger charge is 2.03. The van der Waals surface area contributed by atoms with Crippen molar-refractivity contribution in [3.05, 3.63) is 34.2 Å². The molecule has 5 heteroatoms. The molecule has 0 fully saturated rings. The van der Waals surface area contributed by atoms with E-state index in [1.807, 2.05) is 0 Å². The van der Waals surface area contributed by atoms with Gasteiger partial charge < -0.3 is 15.4 Å². The third-order valence-electron chi connectivity index (χ3n) is 1.91. The van der Waals surface area contributed by atoms with Crippen LogP contribution in [0.1, 0.15) is 23.2 Å². The van der Waals surface area contributed by atoms with E-state index in [4.69, 9.17) is 5.11 Å². The molecule has 1 aromatic rings. The molecule has 1 aromatic heterocycles. The Morgan fingerprint density at radius 1 is 1.47 bits per heavy atom. The van der Waals surface area contributed by atoms with E-state index in [0.29, 0.717) is 18.5 Å². The number of aromatic amines is 1. The van der Waals surface area contributed by atoms with E-state index in [1.165, 1.54) is 12.3 Å². The number of aliphatic hydroxyl groups is 1. The number of H-pyrrole nitrogens is 1. The largest absolute Gasteiger partial charge is 0.396 e. The lowest BCUT2D eigenvalue weighted by Crippen LogP contribution is -2.25. The summed E-state index contributed by atoms with van der Waals surface area (Å²) < 4.78 is 0. The van der Waals surface area contributed by atoms with E-state index >= 15 is 0 Å². The topological polar surface area (TPSA) is 82.2 Å². The third kappa shape index (κ3) is 3.95. The molecule has 82 valence electrons. The minimum absolute atomic E-state index is 0.126. The summed E-state index contributed by atoms with van der Waals surface area (Å²) in [6.07, 6.45) is 2.83. The Hall–Kier alpha value is -1.62. The number of unbranched alkanes of at least 4 members (excludes halogenated alkanes) is 1. The van der Waals surface area contributed by atoms with Crippen molar-refractivity contribution in [1.29, 1.82) is 0 Å². The molecular formula is C10H14N2O3. The van der Waals surface area contributed by atoms with Gasteiger partial charge in [-0.2, -0.15) is 0 Å². The summed E-state index contributed by atoms with van der Waals surface area (Å²) in [7, 11) is 0. The first-order valence-electron chi connectivity index (χ1n) is 4.82. The van der Waals surface area contributed by atoms with Gasteiger partial charge in [-0.15, -0.1) is 0 Å². The SMILES string of the molecule is O=C(NCCCCO)c1cc[nH]c(=O)c1. The van der Waals surface area contributed by atoms with Gasteiger partial charge in [0.05, 0.1) is 0 Å². The van der Waals surface area contributed by atoms with Crippen LogP contribution in [0.25, 0.3) is 0 Å². The number of rotatable bonds is 5. The molecule has 0 spiro atoms. The lowest BCUT2D eigenvalue weighted by atomic mass is 10.2. The van der Waals surface area contributed by atoms with Crippen LogP contribution in [0.5, 0.6) is 0 Å². The second-order valence-electron chi connectivity index (χ2n) is 3.13. The second-order valence-corrected chi connectivity index (χ2v) is 3.13. The summed E-state index contributed by atoms with van der Waals surface area (Å²) in [4.78, 5) is 24.8. The Bertz CT molecular complexity index is 373. The molecule has 15 heavy (non-hydrogen) atoms. The van der Waals surface area contributed by atoms with Gasteiger partial charge in [-0.3, -0.25) is 9.59 Å². The van der Waals surface area contributed by atoms with Gasteiger partial charge in [-0.25, -0.2) is 0 Å². The Balaban J connectivity index is 2.44. The summed E-state index contributed by atoms with van der Waals surface area (Å²) in [5.74, 6) is -0.265. The Morgan fingerprint density at radius 3 is 2.93 bits per heavy atom. The number of carbonyl (C=O) groups is 1. The monoisotopic (exact) mass is 210 g/mol. The van der Waals surface area contributed by atoms with Crippen molar-refractivity contribution in [2.24, 2.45) is 0 Å². The maximum Gasteiger partial charge on any atom is 0.251 e. The molecule has 0 atom stereocenters. The van der Waals surface area contributed by atoms with Crippen molar-refractivity contribution in [3.8, 4) is 0 Å². The van der Waals surface area contributed by atoms with Crippen LogP contribution in [-0.4, -0.2) is 29.1 Å². The Labute approximate surface area is 87.1 Å². The number of amides is 1. The zero-order valence-electron chi connectivity index (χ0n) is 8.32. The number of carbonyl (C=O) groups excluding carboxylic acids is 1. The number of aliphatic hydroxyl groups excluding tert-OH is 1. The molecule has 1 amide bonds. The first-order valence-corrected chi connectivity index (χ1v) is 4.82. The molecule has 1 rings (SSSR count). The number of nitrogens with one attached hydrogen (secondary N) is 2. The molecule has 5 nitrogen and oxygen atoms in total. The van der Waals surface area contributed by atoms with Crippen LogP contribution in [0.15, 0.2) is 23.1 Å². The zero-order chi connectivity index (χ0) is 11.1. The average Bonchev–Trinajstić information content (AvgIpc) is 2.24. The molecule has 0 unspecified atom stereocenters. The van der Waals surface area contributed by atoms with E-state index in [-0.39, 0.29) is 18.1 Å². The van der Waals surface area contributed by atoms with Gasteiger partial charge in [0, 0.05) is 31.0 Å². The van der Waals surface area contributed by atoms with Crippen molar-refractivity contribution in [1.82, 2.24) is 10.3 Å². The van der Waals surface area contributed by atoms with Gasteiger partial charge in [0.2, 0.25) is 5.56 Å². The van der Waals surface area contributed by atoms with E-state index in [9.17, 15) is 9.59 Å². The predicted octanol–water partition coefficient (Wildman–Crippen LogP) is -0.123. The number of pyridine rings is 1. The summed E-state index contributed by atoms with van der Waals surface area (Å²) >= 11 is 0. The van der Waals surface area contributed by atoms with Crippen molar-refractivity contribution >= 4 is 5.91 Å². The fraction of sp³-hybridized carbons (Fsp3) is 0.400. The lowest BCUT2D eigenvalue weighted by Gasteiger charge is -2.03. The van der Waals surface area contributed by atoms with Crippen LogP contribution in [0.3, 0.4) is 0 Å². The predicted molar refractivity (Wildman–Crippen MR) is 55.7 cm³/mol. The highest BCUT2D eigenvalue weighted by atomic mass is 16.3. The molecule has 0 aliphatic carbocycles. The summed E-state index contributed by atoms with van der Waals surface area (Å²) in [5, 5.41) is 11.2. The quantitative estimate of drug-likeness (QED) is 0.592. The standard InChI is InChI=1S/C10H14N2O3/c13-6-2-1-4-12-10(15)8-3-5-11-9(14)7-8/h3,5,7,13H,1-2,4,6H2,(H,11,14)(H,12,15). The van der Waals surface area contributed by atoms with Crippen LogP contribution in [0, 0.1) is 0 Å². The summed E-state index contributed by atoms with van der Waals surface area (Å²) in [5.41, 5.74) is 0.0563. The highest BCUT2D eigenvalue weighted by Crippen LogP contribution is 1.93. The van der Waals surface area contributed by atoms with E-state index in [1.54, 1.807) is 6.07 Å². The zero-order valence-corrected chi connectivity index (χ0v) is 8.32. The van der Waals surface area contributed by atoms with Crippen molar-refractivity contribution < 1.29 is 9.90 Å². The lowest BCUT2D eigenvalue weighted by molar-refractivity contribution is 0.0952. The van der Waals surface area contributed by atoms with Gasteiger partial charge in [0.15, 0.2) is 0 Å². The molecule has 3 N–H and O–H groups in total. The maximum absolute atomic E-state index is 11.4. The van der Waals surface area contributed by atoms with Crippen LogP contribution in [0.4, 0.5) is 0 Å². The van der Waals surface area contributed by atoms with Gasteiger partial charge in [0.1, 0.15) is 0 Å². The first-order chi connectivity index (χ1) is 7.24. The molecule has 0 saturated carbocycles. The number of aromatic nitrogens is 1. The van der Waals surface area contributed by atoms with Crippen molar-refractivity contribution in [2.75, 3.05) is 13.2 Å². The minimum atomic E-state index is -0.294. The van der Waals surface area contributed by atoms with Gasteiger partial charge >= 0.3 is 0 Å². The third-order valence-corrected chi connectivity index (χ3v) is 1.91. The molecule has 0 saturated heterocycles. The van der Waals surface area contributed by atoms with Gasteiger partial charge in [-0.05, 0) is 18.9 Å². The molecule has 1 heterocycles. The van der Waals surface area contributed by atoms with E-state index < -0.39 is 0 Å². The van der Waals surface area contributed by atoms with Crippen LogP contribution < -0.4 is 10.9 Å². The number of hydrogen-bond donors (Lipinski definition) is 3. The fourth-order valence-corrected chi connectivity index (χ4v) is 1.13. The maximum atomic E-state index is 11.4. The molecule has 0 bridgehead atoms. The second kappa shape index (κ2) is 5.98. The Kier molecular flexibility index (Phi) is 4.56. The van der Waals surface area contributed by atoms with Crippen LogP contribution >= 0.6 is 0 Å². The smallest absolute Gasteiger partial charge is 0.251 e. The molecule has 0 aliphatic heterocycles. The molecule has 0 aliphatic rings. The number of hydrogen-bond acceptors (Lipinski definition) is 3. The normalized spacial score (nSPS) is 9.93. The average molecular weight is 210 g/mol. The van der Waals surface area contributed by atoms with E-state index in [0.717, 1.165) is 6.42 Å².